The molecule has 0 fully saturated rings. The molecule has 4 aromatic rings. The van der Waals surface area contributed by atoms with E-state index in [9.17, 15) is 0 Å². The molecular formula is C26H29N2O+. The van der Waals surface area contributed by atoms with Gasteiger partial charge in [0.1, 0.15) is 7.05 Å². The minimum absolute atomic E-state index is 0.394. The molecule has 0 N–H and O–H groups in total. The summed E-state index contributed by atoms with van der Waals surface area (Å²) in [6, 6.07) is 17.0. The van der Waals surface area contributed by atoms with Crippen molar-refractivity contribution in [3.63, 3.8) is 0 Å². The standard InChI is InChI=1S/C26H29N2O/c1-16(2)19-12-9-13-20(17(3)4)23(19)26-27-24-22(29-26)14-15-28(6)25(24)21-11-8-7-10-18(21)5/h7-17H,1-6H3/q+1. The first kappa shape index (κ1) is 19.4. The van der Waals surface area contributed by atoms with Gasteiger partial charge in [-0.25, -0.2) is 4.98 Å². The molecule has 2 heterocycles. The number of aryl methyl sites for hydroxylation is 2. The van der Waals surface area contributed by atoms with E-state index in [1.807, 2.05) is 6.07 Å². The highest BCUT2D eigenvalue weighted by Crippen LogP contribution is 2.38. The monoisotopic (exact) mass is 385 g/mol. The number of nitrogens with zero attached hydrogens (tertiary/aromatic N) is 2. The molecule has 0 atom stereocenters. The number of hydrogen-bond acceptors (Lipinski definition) is 2. The molecule has 0 saturated carbocycles. The molecule has 0 aliphatic carbocycles. The van der Waals surface area contributed by atoms with E-state index in [4.69, 9.17) is 9.40 Å². The predicted molar refractivity (Wildman–Crippen MR) is 119 cm³/mol. The first-order valence-corrected chi connectivity index (χ1v) is 10.4. The maximum Gasteiger partial charge on any atom is 0.242 e. The van der Waals surface area contributed by atoms with Crippen molar-refractivity contribution in [2.45, 2.75) is 46.5 Å². The summed E-state index contributed by atoms with van der Waals surface area (Å²) in [7, 11) is 2.07. The SMILES string of the molecule is Cc1ccccc1-c1c2nc(-c3c(C(C)C)cccc3C(C)C)oc2cc[n+]1C. The molecule has 4 rings (SSSR count). The lowest BCUT2D eigenvalue weighted by Gasteiger charge is -2.17. The van der Waals surface area contributed by atoms with Gasteiger partial charge in [0.05, 0.1) is 5.56 Å². The van der Waals surface area contributed by atoms with Crippen molar-refractivity contribution < 1.29 is 8.98 Å². The number of hydrogen-bond donors (Lipinski definition) is 0. The quantitative estimate of drug-likeness (QED) is 0.373. The molecule has 0 amide bonds. The summed E-state index contributed by atoms with van der Waals surface area (Å²) in [5.41, 5.74) is 8.94. The molecule has 3 nitrogen and oxygen atoms in total. The Bertz CT molecular complexity index is 1160. The Hall–Kier alpha value is -2.94. The van der Waals surface area contributed by atoms with Crippen molar-refractivity contribution in [2.75, 3.05) is 0 Å². The van der Waals surface area contributed by atoms with Crippen LogP contribution >= 0.6 is 0 Å². The minimum Gasteiger partial charge on any atom is -0.436 e. The lowest BCUT2D eigenvalue weighted by molar-refractivity contribution is -0.659. The van der Waals surface area contributed by atoms with Crippen LogP contribution < -0.4 is 4.57 Å². The van der Waals surface area contributed by atoms with Crippen LogP contribution in [-0.4, -0.2) is 4.98 Å². The fourth-order valence-corrected chi connectivity index (χ4v) is 4.10. The largest absolute Gasteiger partial charge is 0.436 e. The van der Waals surface area contributed by atoms with Gasteiger partial charge in [0.25, 0.3) is 0 Å². The van der Waals surface area contributed by atoms with E-state index < -0.39 is 0 Å². The molecule has 148 valence electrons. The van der Waals surface area contributed by atoms with Gasteiger partial charge in [0, 0.05) is 11.6 Å². The Kier molecular flexibility index (Phi) is 4.99. The van der Waals surface area contributed by atoms with E-state index in [0.717, 1.165) is 22.4 Å². The van der Waals surface area contributed by atoms with Gasteiger partial charge >= 0.3 is 0 Å². The zero-order chi connectivity index (χ0) is 20.7. The number of oxazole rings is 1. The fourth-order valence-electron chi connectivity index (χ4n) is 4.10. The van der Waals surface area contributed by atoms with Crippen LogP contribution in [0.25, 0.3) is 33.8 Å². The maximum atomic E-state index is 6.37. The number of fused-ring (bicyclic) bond motifs is 1. The molecule has 0 saturated heterocycles. The Morgan fingerprint density at radius 2 is 1.52 bits per heavy atom. The third-order valence-electron chi connectivity index (χ3n) is 5.67. The van der Waals surface area contributed by atoms with Crippen LogP contribution in [0, 0.1) is 6.92 Å². The van der Waals surface area contributed by atoms with Crippen LogP contribution in [0.1, 0.15) is 56.2 Å². The molecule has 0 unspecified atom stereocenters. The second-order valence-corrected chi connectivity index (χ2v) is 8.44. The first-order chi connectivity index (χ1) is 13.9. The van der Waals surface area contributed by atoms with Crippen molar-refractivity contribution in [1.82, 2.24) is 4.98 Å². The van der Waals surface area contributed by atoms with Crippen LogP contribution in [0.15, 0.2) is 59.1 Å². The summed E-state index contributed by atoms with van der Waals surface area (Å²) in [5.74, 6) is 1.50. The minimum atomic E-state index is 0.394. The third kappa shape index (κ3) is 3.35. The van der Waals surface area contributed by atoms with Crippen molar-refractivity contribution in [3.8, 4) is 22.7 Å². The molecule has 0 aliphatic rings. The van der Waals surface area contributed by atoms with E-state index in [-0.39, 0.29) is 0 Å². The van der Waals surface area contributed by atoms with E-state index >= 15 is 0 Å². The van der Waals surface area contributed by atoms with E-state index in [1.165, 1.54) is 22.3 Å². The van der Waals surface area contributed by atoms with Gasteiger partial charge < -0.3 is 4.42 Å². The Morgan fingerprint density at radius 1 is 0.862 bits per heavy atom. The second-order valence-electron chi connectivity index (χ2n) is 8.44. The zero-order valence-electron chi connectivity index (χ0n) is 18.2. The molecular weight excluding hydrogens is 356 g/mol. The zero-order valence-corrected chi connectivity index (χ0v) is 18.2. The van der Waals surface area contributed by atoms with Gasteiger partial charge in [0.15, 0.2) is 17.3 Å². The van der Waals surface area contributed by atoms with Crippen molar-refractivity contribution in [2.24, 2.45) is 7.05 Å². The third-order valence-corrected chi connectivity index (χ3v) is 5.67. The molecule has 29 heavy (non-hydrogen) atoms. The van der Waals surface area contributed by atoms with Gasteiger partial charge in [-0.15, -0.1) is 0 Å². The molecule has 2 aromatic carbocycles. The molecule has 0 radical (unpaired) electrons. The van der Waals surface area contributed by atoms with Crippen LogP contribution in [0.3, 0.4) is 0 Å². The van der Waals surface area contributed by atoms with Crippen molar-refractivity contribution in [3.05, 3.63) is 71.4 Å². The smallest absolute Gasteiger partial charge is 0.242 e. The summed E-state index contributed by atoms with van der Waals surface area (Å²) in [5, 5.41) is 0. The summed E-state index contributed by atoms with van der Waals surface area (Å²) in [6.45, 7) is 11.0. The maximum absolute atomic E-state index is 6.37. The second kappa shape index (κ2) is 7.47. The summed E-state index contributed by atoms with van der Waals surface area (Å²) in [6.07, 6.45) is 2.05. The summed E-state index contributed by atoms with van der Waals surface area (Å²) < 4.78 is 8.50. The normalized spacial score (nSPS) is 11.7. The molecule has 0 aliphatic heterocycles. The Labute approximate surface area is 173 Å². The number of benzene rings is 2. The average molecular weight is 386 g/mol. The summed E-state index contributed by atoms with van der Waals surface area (Å²) in [4.78, 5) is 5.06. The topological polar surface area (TPSA) is 29.9 Å². The van der Waals surface area contributed by atoms with Gasteiger partial charge in [-0.3, -0.25) is 0 Å². The first-order valence-electron chi connectivity index (χ1n) is 10.4. The van der Waals surface area contributed by atoms with E-state index in [1.54, 1.807) is 0 Å². The number of rotatable bonds is 4. The van der Waals surface area contributed by atoms with Crippen molar-refractivity contribution >= 4 is 11.1 Å². The van der Waals surface area contributed by atoms with Gasteiger partial charge in [0.2, 0.25) is 11.6 Å². The average Bonchev–Trinajstić information content (AvgIpc) is 3.12. The van der Waals surface area contributed by atoms with Gasteiger partial charge in [-0.1, -0.05) is 64.1 Å². The number of aromatic nitrogens is 2. The summed E-state index contributed by atoms with van der Waals surface area (Å²) >= 11 is 0. The van der Waals surface area contributed by atoms with E-state index in [2.05, 4.69) is 94.9 Å². The highest BCUT2D eigenvalue weighted by atomic mass is 16.3. The molecule has 3 heteroatoms. The highest BCUT2D eigenvalue weighted by Gasteiger charge is 2.25. The molecule has 2 aromatic heterocycles. The van der Waals surface area contributed by atoms with Crippen LogP contribution in [-0.2, 0) is 7.05 Å². The Morgan fingerprint density at radius 3 is 2.14 bits per heavy atom. The van der Waals surface area contributed by atoms with Gasteiger partial charge in [-0.05, 0) is 41.5 Å². The number of pyridine rings is 1. The van der Waals surface area contributed by atoms with Crippen LogP contribution in [0.2, 0.25) is 0 Å². The Balaban J connectivity index is 2.03. The lowest BCUT2D eigenvalue weighted by atomic mass is 9.88. The lowest BCUT2D eigenvalue weighted by Crippen LogP contribution is -2.30. The predicted octanol–water partition coefficient (Wildman–Crippen LogP) is 6.54. The molecule has 0 spiro atoms. The fraction of sp³-hybridized carbons (Fsp3) is 0.308. The van der Waals surface area contributed by atoms with Crippen LogP contribution in [0.5, 0.6) is 0 Å². The molecule has 0 bridgehead atoms. The highest BCUT2D eigenvalue weighted by molar-refractivity contribution is 5.89. The van der Waals surface area contributed by atoms with Gasteiger partial charge in [-0.2, -0.15) is 4.57 Å². The van der Waals surface area contributed by atoms with Crippen LogP contribution in [0.4, 0.5) is 0 Å². The van der Waals surface area contributed by atoms with E-state index in [0.29, 0.717) is 17.7 Å². The van der Waals surface area contributed by atoms with Crippen molar-refractivity contribution in [1.29, 1.82) is 0 Å².